The van der Waals surface area contributed by atoms with Gasteiger partial charge >= 0.3 is 7.12 Å². The van der Waals surface area contributed by atoms with Crippen LogP contribution in [0.15, 0.2) is 54.6 Å². The molecule has 0 aromatic heterocycles. The number of hydrogen-bond acceptors (Lipinski definition) is 3. The third-order valence-electron chi connectivity index (χ3n) is 5.69. The second kappa shape index (κ2) is 7.46. The monoisotopic (exact) mass is 352 g/mol. The molecule has 2 aromatic carbocycles. The van der Waals surface area contributed by atoms with Crippen molar-refractivity contribution in [3.8, 4) is 5.75 Å². The Morgan fingerprint density at radius 3 is 2.00 bits per heavy atom. The van der Waals surface area contributed by atoms with E-state index in [0.29, 0.717) is 5.92 Å². The van der Waals surface area contributed by atoms with Crippen LogP contribution in [-0.4, -0.2) is 25.4 Å². The molecule has 1 saturated heterocycles. The molecule has 0 spiro atoms. The Kier molecular flexibility index (Phi) is 5.45. The highest BCUT2D eigenvalue weighted by Crippen LogP contribution is 2.40. The van der Waals surface area contributed by atoms with Crippen LogP contribution < -0.4 is 4.74 Å². The van der Waals surface area contributed by atoms with Crippen molar-refractivity contribution in [1.29, 1.82) is 0 Å². The third-order valence-corrected chi connectivity index (χ3v) is 5.69. The zero-order valence-corrected chi connectivity index (χ0v) is 16.5. The summed E-state index contributed by atoms with van der Waals surface area (Å²) in [4.78, 5) is 0. The van der Waals surface area contributed by atoms with E-state index in [-0.39, 0.29) is 18.3 Å². The van der Waals surface area contributed by atoms with Gasteiger partial charge in [-0.15, -0.1) is 0 Å². The fourth-order valence-corrected chi connectivity index (χ4v) is 3.41. The number of hydrogen-bond donors (Lipinski definition) is 0. The first-order chi connectivity index (χ1) is 12.3. The smallest absolute Gasteiger partial charge is 0.458 e. The standard InChI is InChI=1S/C22H29BO3/c1-21(2)22(3,4)26-23(25-21)16-19(15-17-9-7-6-8-10-17)18-11-13-20(24-5)14-12-18/h6-14,19H,15-16H2,1-5H3. The van der Waals surface area contributed by atoms with Crippen molar-refractivity contribution in [2.24, 2.45) is 0 Å². The molecular formula is C22H29BO3. The van der Waals surface area contributed by atoms with Crippen molar-refractivity contribution in [1.82, 2.24) is 0 Å². The van der Waals surface area contributed by atoms with Crippen LogP contribution in [0.1, 0.15) is 44.7 Å². The highest BCUT2D eigenvalue weighted by molar-refractivity contribution is 6.45. The first kappa shape index (κ1) is 19.0. The molecule has 1 unspecified atom stereocenters. The van der Waals surface area contributed by atoms with E-state index in [9.17, 15) is 0 Å². The topological polar surface area (TPSA) is 27.7 Å². The lowest BCUT2D eigenvalue weighted by Crippen LogP contribution is -2.41. The Morgan fingerprint density at radius 2 is 1.46 bits per heavy atom. The van der Waals surface area contributed by atoms with Gasteiger partial charge < -0.3 is 14.0 Å². The molecule has 138 valence electrons. The normalized spacial score (nSPS) is 19.3. The Morgan fingerprint density at radius 1 is 0.885 bits per heavy atom. The quantitative estimate of drug-likeness (QED) is 0.676. The first-order valence-electron chi connectivity index (χ1n) is 9.34. The lowest BCUT2D eigenvalue weighted by molar-refractivity contribution is 0.00578. The van der Waals surface area contributed by atoms with Crippen LogP contribution >= 0.6 is 0 Å². The summed E-state index contributed by atoms with van der Waals surface area (Å²) < 4.78 is 17.8. The van der Waals surface area contributed by atoms with Crippen LogP contribution in [0.5, 0.6) is 5.75 Å². The second-order valence-corrected chi connectivity index (χ2v) is 8.08. The molecule has 3 rings (SSSR count). The second-order valence-electron chi connectivity index (χ2n) is 8.08. The molecule has 1 aliphatic rings. The Bertz CT molecular complexity index is 694. The van der Waals surface area contributed by atoms with Crippen LogP contribution in [0.3, 0.4) is 0 Å². The van der Waals surface area contributed by atoms with Gasteiger partial charge in [-0.3, -0.25) is 0 Å². The average Bonchev–Trinajstić information content (AvgIpc) is 2.82. The van der Waals surface area contributed by atoms with Gasteiger partial charge in [0.25, 0.3) is 0 Å². The molecular weight excluding hydrogens is 323 g/mol. The third kappa shape index (κ3) is 4.13. The zero-order chi connectivity index (χ0) is 18.8. The summed E-state index contributed by atoms with van der Waals surface area (Å²) in [6, 6.07) is 19.0. The summed E-state index contributed by atoms with van der Waals surface area (Å²) in [6.07, 6.45) is 1.78. The molecule has 0 saturated carbocycles. The minimum Gasteiger partial charge on any atom is -0.497 e. The van der Waals surface area contributed by atoms with Gasteiger partial charge in [0.1, 0.15) is 5.75 Å². The maximum absolute atomic E-state index is 6.25. The fourth-order valence-electron chi connectivity index (χ4n) is 3.41. The molecule has 1 aliphatic heterocycles. The van der Waals surface area contributed by atoms with E-state index in [4.69, 9.17) is 14.0 Å². The lowest BCUT2D eigenvalue weighted by Gasteiger charge is -2.32. The van der Waals surface area contributed by atoms with Crippen LogP contribution in [0.25, 0.3) is 0 Å². The van der Waals surface area contributed by atoms with E-state index in [2.05, 4.69) is 70.2 Å². The molecule has 1 atom stereocenters. The van der Waals surface area contributed by atoms with Crippen LogP contribution in [0, 0.1) is 0 Å². The van der Waals surface area contributed by atoms with E-state index in [1.165, 1.54) is 11.1 Å². The van der Waals surface area contributed by atoms with Crippen molar-refractivity contribution in [2.75, 3.05) is 7.11 Å². The minimum absolute atomic E-state index is 0.198. The predicted molar refractivity (Wildman–Crippen MR) is 107 cm³/mol. The molecule has 1 fully saturated rings. The largest absolute Gasteiger partial charge is 0.497 e. The maximum atomic E-state index is 6.25. The van der Waals surface area contributed by atoms with Crippen molar-refractivity contribution >= 4 is 7.12 Å². The van der Waals surface area contributed by atoms with Gasteiger partial charge in [0, 0.05) is 0 Å². The van der Waals surface area contributed by atoms with E-state index >= 15 is 0 Å². The van der Waals surface area contributed by atoms with Gasteiger partial charge in [0.2, 0.25) is 0 Å². The maximum Gasteiger partial charge on any atom is 0.458 e. The van der Waals surface area contributed by atoms with Gasteiger partial charge in [0.05, 0.1) is 18.3 Å². The Hall–Kier alpha value is -1.78. The molecule has 0 N–H and O–H groups in total. The number of methoxy groups -OCH3 is 1. The van der Waals surface area contributed by atoms with Gasteiger partial charge in [-0.2, -0.15) is 0 Å². The Balaban J connectivity index is 1.81. The zero-order valence-electron chi connectivity index (χ0n) is 16.5. The average molecular weight is 352 g/mol. The van der Waals surface area contributed by atoms with Gasteiger partial charge in [-0.05, 0) is 69.6 Å². The summed E-state index contributed by atoms with van der Waals surface area (Å²) in [5, 5.41) is 0. The molecule has 0 amide bonds. The molecule has 4 heteroatoms. The molecule has 26 heavy (non-hydrogen) atoms. The lowest BCUT2D eigenvalue weighted by atomic mass is 9.72. The number of rotatable bonds is 6. The summed E-state index contributed by atoms with van der Waals surface area (Å²) in [7, 11) is 1.50. The van der Waals surface area contributed by atoms with Crippen molar-refractivity contribution in [3.05, 3.63) is 65.7 Å². The van der Waals surface area contributed by atoms with Crippen molar-refractivity contribution < 1.29 is 14.0 Å². The van der Waals surface area contributed by atoms with E-state index < -0.39 is 0 Å². The molecule has 3 nitrogen and oxygen atoms in total. The number of ether oxygens (including phenoxy) is 1. The summed E-state index contributed by atoms with van der Waals surface area (Å²) in [5.41, 5.74) is 2.01. The van der Waals surface area contributed by atoms with Crippen LogP contribution in [0.4, 0.5) is 0 Å². The van der Waals surface area contributed by atoms with E-state index in [1.54, 1.807) is 7.11 Å². The summed E-state index contributed by atoms with van der Waals surface area (Å²) in [6.45, 7) is 8.42. The van der Waals surface area contributed by atoms with Gasteiger partial charge in [0.15, 0.2) is 0 Å². The SMILES string of the molecule is COc1ccc(C(CB2OC(C)(C)C(C)(C)O2)Cc2ccccc2)cc1. The van der Waals surface area contributed by atoms with E-state index in [1.807, 2.05) is 12.1 Å². The highest BCUT2D eigenvalue weighted by Gasteiger charge is 2.51. The minimum atomic E-state index is -0.297. The highest BCUT2D eigenvalue weighted by atomic mass is 16.7. The molecule has 0 aliphatic carbocycles. The predicted octanol–water partition coefficient (Wildman–Crippen LogP) is 5.11. The molecule has 2 aromatic rings. The molecule has 0 radical (unpaired) electrons. The fraction of sp³-hybridized carbons (Fsp3) is 0.455. The molecule has 0 bridgehead atoms. The van der Waals surface area contributed by atoms with Gasteiger partial charge in [-0.25, -0.2) is 0 Å². The van der Waals surface area contributed by atoms with Crippen molar-refractivity contribution in [3.63, 3.8) is 0 Å². The van der Waals surface area contributed by atoms with Crippen LogP contribution in [-0.2, 0) is 15.7 Å². The van der Waals surface area contributed by atoms with E-state index in [0.717, 1.165) is 18.5 Å². The Labute approximate surface area is 157 Å². The summed E-state index contributed by atoms with van der Waals surface area (Å²) >= 11 is 0. The van der Waals surface area contributed by atoms with Crippen molar-refractivity contribution in [2.45, 2.75) is 57.6 Å². The number of benzene rings is 2. The summed E-state index contributed by atoms with van der Waals surface area (Å²) in [5.74, 6) is 1.20. The van der Waals surface area contributed by atoms with Gasteiger partial charge in [-0.1, -0.05) is 42.5 Å². The first-order valence-corrected chi connectivity index (χ1v) is 9.34. The van der Waals surface area contributed by atoms with Crippen LogP contribution in [0.2, 0.25) is 6.32 Å². The molecule has 1 heterocycles.